The van der Waals surface area contributed by atoms with Crippen molar-refractivity contribution >= 4 is 23.8 Å². The van der Waals surface area contributed by atoms with Gasteiger partial charge in [-0.05, 0) is 26.3 Å². The molecule has 0 aromatic heterocycles. The van der Waals surface area contributed by atoms with Gasteiger partial charge in [0.1, 0.15) is 12.1 Å². The number of carbonyl (C=O) groups excluding carboxylic acids is 4. The normalized spacial score (nSPS) is 20.0. The lowest BCUT2D eigenvalue weighted by Gasteiger charge is -2.22. The number of hydrogen-bond donors (Lipinski definition) is 2. The number of hydrogen-bond acceptors (Lipinski definition) is 5. The summed E-state index contributed by atoms with van der Waals surface area (Å²) < 4.78 is 5.00. The molecule has 1 heterocycles. The van der Waals surface area contributed by atoms with E-state index in [9.17, 15) is 19.2 Å². The maximum absolute atomic E-state index is 12.8. The molecule has 0 bridgehead atoms. The Morgan fingerprint density at radius 2 is 1.96 bits per heavy atom. The minimum absolute atomic E-state index is 0.239. The molecule has 8 nitrogen and oxygen atoms in total. The largest absolute Gasteiger partial charge is 0.451 e. The van der Waals surface area contributed by atoms with E-state index in [0.717, 1.165) is 10.5 Å². The molecule has 1 aliphatic rings. The first kappa shape index (κ1) is 20.2. The Hall–Kier alpha value is -3.16. The van der Waals surface area contributed by atoms with Crippen molar-refractivity contribution in [1.29, 1.82) is 0 Å². The van der Waals surface area contributed by atoms with E-state index in [1.807, 2.05) is 19.1 Å². The van der Waals surface area contributed by atoms with Gasteiger partial charge in [-0.2, -0.15) is 0 Å². The molecule has 1 saturated heterocycles. The summed E-state index contributed by atoms with van der Waals surface area (Å²) in [6.07, 6.45) is 0.438. The highest BCUT2D eigenvalue weighted by Gasteiger charge is 2.49. The quantitative estimate of drug-likeness (QED) is 0.421. The van der Waals surface area contributed by atoms with E-state index in [2.05, 4.69) is 17.2 Å². The third-order valence-corrected chi connectivity index (χ3v) is 4.29. The van der Waals surface area contributed by atoms with Gasteiger partial charge in [-0.15, -0.1) is 6.58 Å². The summed E-state index contributed by atoms with van der Waals surface area (Å²) in [6, 6.07) is 6.48. The van der Waals surface area contributed by atoms with Crippen LogP contribution in [0.15, 0.2) is 36.9 Å². The van der Waals surface area contributed by atoms with Crippen molar-refractivity contribution in [3.63, 3.8) is 0 Å². The lowest BCUT2D eigenvalue weighted by Crippen LogP contribution is -2.42. The fraction of sp³-hybridized carbons (Fsp3) is 0.368. The summed E-state index contributed by atoms with van der Waals surface area (Å²) in [5.41, 5.74) is 0.362. The second-order valence-corrected chi connectivity index (χ2v) is 6.48. The highest BCUT2D eigenvalue weighted by molar-refractivity contribution is 6.08. The van der Waals surface area contributed by atoms with E-state index >= 15 is 0 Å². The maximum Gasteiger partial charge on any atom is 0.327 e. The number of aryl methyl sites for hydroxylation is 1. The van der Waals surface area contributed by atoms with E-state index in [4.69, 9.17) is 4.74 Å². The number of rotatable bonds is 7. The minimum atomic E-state index is -1.27. The Balaban J connectivity index is 2.04. The van der Waals surface area contributed by atoms with Crippen LogP contribution in [-0.4, -0.2) is 47.9 Å². The highest BCUT2D eigenvalue weighted by Crippen LogP contribution is 2.28. The molecule has 0 aliphatic carbocycles. The van der Waals surface area contributed by atoms with Gasteiger partial charge < -0.3 is 15.4 Å². The predicted molar refractivity (Wildman–Crippen MR) is 97.5 cm³/mol. The van der Waals surface area contributed by atoms with Gasteiger partial charge in [-0.3, -0.25) is 19.3 Å². The van der Waals surface area contributed by atoms with E-state index < -0.39 is 42.0 Å². The van der Waals surface area contributed by atoms with Crippen LogP contribution in [0.3, 0.4) is 0 Å². The van der Waals surface area contributed by atoms with Crippen molar-refractivity contribution in [2.45, 2.75) is 32.4 Å². The third-order valence-electron chi connectivity index (χ3n) is 4.29. The SMILES string of the molecule is C=CCNC(=O)[C@@H](C)OC(=O)CN1C(=O)N[C@](C)(c2ccc(C)cc2)C1=O. The van der Waals surface area contributed by atoms with Crippen LogP contribution in [0, 0.1) is 6.92 Å². The van der Waals surface area contributed by atoms with Gasteiger partial charge >= 0.3 is 12.0 Å². The number of ether oxygens (including phenoxy) is 1. The summed E-state index contributed by atoms with van der Waals surface area (Å²) in [5.74, 6) is -1.91. The first-order chi connectivity index (χ1) is 12.7. The molecule has 2 rings (SSSR count). The molecule has 0 unspecified atom stereocenters. The summed E-state index contributed by atoms with van der Waals surface area (Å²) in [5, 5.41) is 5.11. The molecule has 144 valence electrons. The standard InChI is InChI=1S/C19H23N3O5/c1-5-10-20-16(24)13(3)27-15(23)11-22-17(25)19(4,21-18(22)26)14-8-6-12(2)7-9-14/h5-9,13H,1,10-11H2,2-4H3,(H,20,24)(H,21,26)/t13-,19-/m1/s1. The van der Waals surface area contributed by atoms with Gasteiger partial charge in [0.2, 0.25) is 0 Å². The Bertz CT molecular complexity index is 774. The average Bonchev–Trinajstić information content (AvgIpc) is 2.84. The van der Waals surface area contributed by atoms with E-state index in [1.54, 1.807) is 19.1 Å². The van der Waals surface area contributed by atoms with Crippen molar-refractivity contribution in [3.8, 4) is 0 Å². The second kappa shape index (κ2) is 8.03. The molecule has 0 saturated carbocycles. The molecular weight excluding hydrogens is 350 g/mol. The second-order valence-electron chi connectivity index (χ2n) is 6.48. The first-order valence-electron chi connectivity index (χ1n) is 8.48. The summed E-state index contributed by atoms with van der Waals surface area (Å²) in [6.45, 7) is 8.02. The number of esters is 1. The third kappa shape index (κ3) is 4.33. The maximum atomic E-state index is 12.8. The zero-order valence-corrected chi connectivity index (χ0v) is 15.6. The van der Waals surface area contributed by atoms with E-state index in [0.29, 0.717) is 5.56 Å². The molecule has 2 N–H and O–H groups in total. The van der Waals surface area contributed by atoms with Crippen LogP contribution in [0.25, 0.3) is 0 Å². The summed E-state index contributed by atoms with van der Waals surface area (Å²) in [7, 11) is 0. The molecule has 4 amide bonds. The molecule has 1 aliphatic heterocycles. The predicted octanol–water partition coefficient (Wildman–Crippen LogP) is 0.996. The van der Waals surface area contributed by atoms with Gasteiger partial charge in [-0.25, -0.2) is 4.79 Å². The monoisotopic (exact) mass is 373 g/mol. The molecule has 8 heteroatoms. The number of benzene rings is 1. The fourth-order valence-electron chi connectivity index (χ4n) is 2.66. The number of nitrogens with zero attached hydrogens (tertiary/aromatic N) is 1. The Morgan fingerprint density at radius 3 is 2.56 bits per heavy atom. The van der Waals surface area contributed by atoms with Gasteiger partial charge in [-0.1, -0.05) is 35.9 Å². The highest BCUT2D eigenvalue weighted by atomic mass is 16.5. The topological polar surface area (TPSA) is 105 Å². The Kier molecular flexibility index (Phi) is 5.99. The number of urea groups is 1. The molecule has 0 radical (unpaired) electrons. The lowest BCUT2D eigenvalue weighted by molar-refractivity contribution is -0.156. The zero-order chi connectivity index (χ0) is 20.2. The van der Waals surface area contributed by atoms with Gasteiger partial charge in [0, 0.05) is 6.54 Å². The lowest BCUT2D eigenvalue weighted by atomic mass is 9.91. The average molecular weight is 373 g/mol. The van der Waals surface area contributed by atoms with Crippen LogP contribution in [0.2, 0.25) is 0 Å². The van der Waals surface area contributed by atoms with Crippen LogP contribution in [-0.2, 0) is 24.7 Å². The Morgan fingerprint density at radius 1 is 1.33 bits per heavy atom. The molecular formula is C19H23N3O5. The van der Waals surface area contributed by atoms with Crippen LogP contribution in [0.4, 0.5) is 4.79 Å². The zero-order valence-electron chi connectivity index (χ0n) is 15.6. The van der Waals surface area contributed by atoms with Crippen LogP contribution in [0.1, 0.15) is 25.0 Å². The van der Waals surface area contributed by atoms with Crippen LogP contribution in [0.5, 0.6) is 0 Å². The van der Waals surface area contributed by atoms with Crippen LogP contribution >= 0.6 is 0 Å². The molecule has 2 atom stereocenters. The van der Waals surface area contributed by atoms with Crippen molar-refractivity contribution in [2.24, 2.45) is 0 Å². The fourth-order valence-corrected chi connectivity index (χ4v) is 2.66. The molecule has 1 fully saturated rings. The van der Waals surface area contributed by atoms with Crippen LogP contribution < -0.4 is 10.6 Å². The molecule has 1 aromatic carbocycles. The molecule has 1 aromatic rings. The van der Waals surface area contributed by atoms with Gasteiger partial charge in [0.15, 0.2) is 6.10 Å². The Labute approximate surface area is 157 Å². The number of nitrogens with one attached hydrogen (secondary N) is 2. The van der Waals surface area contributed by atoms with Crippen molar-refractivity contribution in [2.75, 3.05) is 13.1 Å². The number of amides is 4. The van der Waals surface area contributed by atoms with Gasteiger partial charge in [0.05, 0.1) is 0 Å². The minimum Gasteiger partial charge on any atom is -0.451 e. The number of carbonyl (C=O) groups is 4. The van der Waals surface area contributed by atoms with Crippen molar-refractivity contribution in [3.05, 3.63) is 48.0 Å². The van der Waals surface area contributed by atoms with Gasteiger partial charge in [0.25, 0.3) is 11.8 Å². The smallest absolute Gasteiger partial charge is 0.327 e. The molecule has 27 heavy (non-hydrogen) atoms. The van der Waals surface area contributed by atoms with Crippen molar-refractivity contribution < 1.29 is 23.9 Å². The van der Waals surface area contributed by atoms with Crippen molar-refractivity contribution in [1.82, 2.24) is 15.5 Å². The summed E-state index contributed by atoms with van der Waals surface area (Å²) in [4.78, 5) is 49.6. The summed E-state index contributed by atoms with van der Waals surface area (Å²) >= 11 is 0. The van der Waals surface area contributed by atoms with E-state index in [-0.39, 0.29) is 6.54 Å². The van der Waals surface area contributed by atoms with E-state index in [1.165, 1.54) is 13.0 Å². The molecule has 0 spiro atoms. The number of imide groups is 1. The first-order valence-corrected chi connectivity index (χ1v) is 8.48.